The molecule has 0 heterocycles. The molecule has 0 aromatic rings. The molecule has 0 aliphatic carbocycles. The molecule has 0 aromatic heterocycles. The number of aliphatic hydroxyl groups is 1. The number of carbonyl (C=O) groups is 2. The van der Waals surface area contributed by atoms with E-state index in [1.165, 1.54) is 167 Å². The van der Waals surface area contributed by atoms with Crippen LogP contribution in [0.1, 0.15) is 296 Å². The molecule has 76 heavy (non-hydrogen) atoms. The first kappa shape index (κ1) is 72.3. The Kier molecular flexibility index (Phi) is 62.4. The predicted octanol–water partition coefficient (Wildman–Crippen LogP) is 22.2. The van der Waals surface area contributed by atoms with E-state index >= 15 is 0 Å². The van der Waals surface area contributed by atoms with Crippen LogP contribution in [0.5, 0.6) is 0 Å². The van der Waals surface area contributed by atoms with Gasteiger partial charge in [0.25, 0.3) is 0 Å². The smallest absolute Gasteiger partial charge is 0.306 e. The number of unbranched alkanes of at least 4 members (excludes halogenated alkanes) is 30. The van der Waals surface area contributed by atoms with E-state index in [1.807, 2.05) is 0 Å². The highest BCUT2D eigenvalue weighted by molar-refractivity contribution is 5.70. The van der Waals surface area contributed by atoms with E-state index in [0.29, 0.717) is 12.8 Å². The third-order valence-corrected chi connectivity index (χ3v) is 13.7. The molecule has 0 bridgehead atoms. The number of esters is 2. The van der Waals surface area contributed by atoms with Gasteiger partial charge < -0.3 is 14.6 Å². The number of allylic oxidation sites excluding steroid dienone is 20. The van der Waals surface area contributed by atoms with Gasteiger partial charge in [-0.3, -0.25) is 9.59 Å². The van der Waals surface area contributed by atoms with Crippen LogP contribution in [0.15, 0.2) is 122 Å². The second-order valence-corrected chi connectivity index (χ2v) is 21.1. The van der Waals surface area contributed by atoms with Crippen LogP contribution in [0.4, 0.5) is 0 Å². The molecule has 0 aromatic carbocycles. The monoisotopic (exact) mass is 1050 g/mol. The molecule has 1 N–H and O–H groups in total. The molecule has 1 unspecified atom stereocenters. The molecular weight excluding hydrogens is 933 g/mol. The molecular formula is C71H120O5. The Bertz CT molecular complexity index is 1520. The maximum Gasteiger partial charge on any atom is 0.306 e. The van der Waals surface area contributed by atoms with Gasteiger partial charge in [0.1, 0.15) is 6.61 Å². The molecule has 0 fully saturated rings. The molecule has 1 atom stereocenters. The van der Waals surface area contributed by atoms with E-state index in [0.717, 1.165) is 103 Å². The zero-order valence-electron chi connectivity index (χ0n) is 49.7. The zero-order valence-corrected chi connectivity index (χ0v) is 49.7. The van der Waals surface area contributed by atoms with Crippen molar-refractivity contribution in [1.29, 1.82) is 0 Å². The molecule has 0 aliphatic heterocycles. The van der Waals surface area contributed by atoms with E-state index in [2.05, 4.69) is 135 Å². The Morgan fingerprint density at radius 3 is 0.855 bits per heavy atom. The maximum absolute atomic E-state index is 12.3. The molecule has 5 heteroatoms. The second-order valence-electron chi connectivity index (χ2n) is 21.1. The first-order valence-corrected chi connectivity index (χ1v) is 32.1. The van der Waals surface area contributed by atoms with Crippen molar-refractivity contribution in [2.24, 2.45) is 0 Å². The number of hydrogen-bond acceptors (Lipinski definition) is 5. The van der Waals surface area contributed by atoms with E-state index in [-0.39, 0.29) is 25.2 Å². The molecule has 434 valence electrons. The SMILES string of the molecule is CC/C=C\C/C=C\C/C=C\C/C=C\C/C=C\C/C=C\C/C=C\CCCCCCCCCC(=O)OC(CO)COC(=O)CCCCCCCCCCCCCCCCCCCC/C=C\C/C=C\C/C=C\CCCCCCC. The van der Waals surface area contributed by atoms with E-state index < -0.39 is 6.10 Å². The maximum atomic E-state index is 12.3. The molecule has 0 spiro atoms. The number of rotatable bonds is 58. The fourth-order valence-electron chi connectivity index (χ4n) is 8.96. The van der Waals surface area contributed by atoms with Crippen molar-refractivity contribution in [3.63, 3.8) is 0 Å². The summed E-state index contributed by atoms with van der Waals surface area (Å²) >= 11 is 0. The van der Waals surface area contributed by atoms with Gasteiger partial charge in [-0.05, 0) is 109 Å². The average molecular weight is 1050 g/mol. The summed E-state index contributed by atoms with van der Waals surface area (Å²) in [5, 5.41) is 9.68. The summed E-state index contributed by atoms with van der Waals surface area (Å²) in [5.74, 6) is -0.601. The minimum absolute atomic E-state index is 0.0751. The van der Waals surface area contributed by atoms with Crippen LogP contribution in [0.25, 0.3) is 0 Å². The summed E-state index contributed by atoms with van der Waals surface area (Å²) < 4.78 is 10.7. The molecule has 0 saturated heterocycles. The summed E-state index contributed by atoms with van der Waals surface area (Å²) in [6.45, 7) is 4.02. The molecule has 0 saturated carbocycles. The Balaban J connectivity index is 3.52. The van der Waals surface area contributed by atoms with Crippen molar-refractivity contribution in [2.75, 3.05) is 13.2 Å². The van der Waals surface area contributed by atoms with Crippen LogP contribution in [0, 0.1) is 0 Å². The van der Waals surface area contributed by atoms with Crippen LogP contribution in [0.2, 0.25) is 0 Å². The summed E-state index contributed by atoms with van der Waals surface area (Å²) in [4.78, 5) is 24.6. The fraction of sp³-hybridized carbons (Fsp3) is 0.690. The summed E-state index contributed by atoms with van der Waals surface area (Å²) in [6.07, 6.45) is 96.2. The topological polar surface area (TPSA) is 72.8 Å². The van der Waals surface area contributed by atoms with Crippen LogP contribution >= 0.6 is 0 Å². The van der Waals surface area contributed by atoms with Crippen molar-refractivity contribution < 1.29 is 24.2 Å². The quantitative estimate of drug-likeness (QED) is 0.0373. The number of hydrogen-bond donors (Lipinski definition) is 1. The molecule has 0 aliphatic rings. The largest absolute Gasteiger partial charge is 0.462 e. The third kappa shape index (κ3) is 62.8. The van der Waals surface area contributed by atoms with Gasteiger partial charge in [0.2, 0.25) is 0 Å². The molecule has 5 nitrogen and oxygen atoms in total. The third-order valence-electron chi connectivity index (χ3n) is 13.7. The van der Waals surface area contributed by atoms with Gasteiger partial charge >= 0.3 is 11.9 Å². The standard InChI is InChI=1S/C71H120O5/c1-3-5-7-9-11-13-15-17-19-21-23-25-27-29-31-33-34-35-36-38-39-41-43-45-47-49-51-53-55-57-59-61-63-65-70(73)75-68-69(67-72)76-71(74)66-64-62-60-58-56-54-52-50-48-46-44-42-40-37-32-30-28-26-24-22-20-18-16-14-12-10-8-6-4-2/h6,8,12,14-15,17-18,20-21,23-24,26-27,29-30,32,40,42,46,48,69,72H,3-5,7,9-11,13,16,19,22,25,28,31,33-39,41,43-45,47,49-68H2,1-2H3/b8-6-,14-12-,17-15-,20-18-,23-21-,26-24-,29-27-,32-30-,42-40-,48-46-. The predicted molar refractivity (Wildman–Crippen MR) is 334 cm³/mol. The number of ether oxygens (including phenoxy) is 2. The Labute approximate surface area is 471 Å². The average Bonchev–Trinajstić information content (AvgIpc) is 3.42. The van der Waals surface area contributed by atoms with Gasteiger partial charge in [-0.25, -0.2) is 0 Å². The molecule has 0 amide bonds. The molecule has 0 radical (unpaired) electrons. The van der Waals surface area contributed by atoms with E-state index in [4.69, 9.17) is 9.47 Å². The van der Waals surface area contributed by atoms with Crippen LogP contribution in [-0.4, -0.2) is 36.4 Å². The summed E-state index contributed by atoms with van der Waals surface area (Å²) in [6, 6.07) is 0. The lowest BCUT2D eigenvalue weighted by atomic mass is 10.0. The van der Waals surface area contributed by atoms with Crippen LogP contribution in [-0.2, 0) is 19.1 Å². The van der Waals surface area contributed by atoms with Crippen molar-refractivity contribution in [2.45, 2.75) is 302 Å². The molecule has 0 rings (SSSR count). The van der Waals surface area contributed by atoms with Crippen molar-refractivity contribution in [3.05, 3.63) is 122 Å². The second kappa shape index (κ2) is 65.6. The van der Waals surface area contributed by atoms with Crippen molar-refractivity contribution >= 4 is 11.9 Å². The van der Waals surface area contributed by atoms with Gasteiger partial charge in [0.15, 0.2) is 6.10 Å². The van der Waals surface area contributed by atoms with Gasteiger partial charge in [-0.1, -0.05) is 296 Å². The fourth-order valence-corrected chi connectivity index (χ4v) is 8.96. The first-order chi connectivity index (χ1) is 37.6. The normalized spacial score (nSPS) is 13.0. The minimum atomic E-state index is -0.787. The minimum Gasteiger partial charge on any atom is -0.462 e. The van der Waals surface area contributed by atoms with Crippen LogP contribution < -0.4 is 0 Å². The lowest BCUT2D eigenvalue weighted by molar-refractivity contribution is -0.161. The first-order valence-electron chi connectivity index (χ1n) is 32.1. The Morgan fingerprint density at radius 2 is 0.566 bits per heavy atom. The highest BCUT2D eigenvalue weighted by atomic mass is 16.6. The highest BCUT2D eigenvalue weighted by Gasteiger charge is 2.16. The van der Waals surface area contributed by atoms with Gasteiger partial charge in [-0.15, -0.1) is 0 Å². The lowest BCUT2D eigenvalue weighted by Gasteiger charge is -2.15. The Morgan fingerprint density at radius 1 is 0.316 bits per heavy atom. The van der Waals surface area contributed by atoms with Crippen LogP contribution in [0.3, 0.4) is 0 Å². The number of carbonyl (C=O) groups excluding carboxylic acids is 2. The van der Waals surface area contributed by atoms with Crippen molar-refractivity contribution in [3.8, 4) is 0 Å². The van der Waals surface area contributed by atoms with Gasteiger partial charge in [0.05, 0.1) is 6.61 Å². The highest BCUT2D eigenvalue weighted by Crippen LogP contribution is 2.16. The summed E-state index contributed by atoms with van der Waals surface area (Å²) in [7, 11) is 0. The summed E-state index contributed by atoms with van der Waals surface area (Å²) in [5.41, 5.74) is 0. The number of aliphatic hydroxyl groups excluding tert-OH is 1. The van der Waals surface area contributed by atoms with Gasteiger partial charge in [-0.2, -0.15) is 0 Å². The van der Waals surface area contributed by atoms with E-state index in [9.17, 15) is 14.7 Å². The lowest BCUT2D eigenvalue weighted by Crippen LogP contribution is -2.28. The van der Waals surface area contributed by atoms with Crippen molar-refractivity contribution in [1.82, 2.24) is 0 Å². The van der Waals surface area contributed by atoms with Gasteiger partial charge in [0, 0.05) is 12.8 Å². The zero-order chi connectivity index (χ0) is 54.8. The Hall–Kier alpha value is -3.70. The van der Waals surface area contributed by atoms with E-state index in [1.54, 1.807) is 0 Å².